The maximum Gasteiger partial charge on any atom is 0.293 e. The molecule has 3 aromatic carbocycles. The number of nitrogens with zero attached hydrogens (tertiary/aromatic N) is 1. The van der Waals surface area contributed by atoms with Gasteiger partial charge in [-0.1, -0.05) is 36.4 Å². The Balaban J connectivity index is 1.37. The summed E-state index contributed by atoms with van der Waals surface area (Å²) in [5, 5.41) is 6.54. The number of rotatable bonds is 8. The summed E-state index contributed by atoms with van der Waals surface area (Å²) in [7, 11) is -3.74. The van der Waals surface area contributed by atoms with Gasteiger partial charge in [0.15, 0.2) is 5.78 Å². The number of hydrogen-bond acceptors (Lipinski definition) is 7. The Morgan fingerprint density at radius 2 is 1.71 bits per heavy atom. The molecule has 1 aliphatic rings. The third-order valence-corrected chi connectivity index (χ3v) is 8.16. The highest BCUT2D eigenvalue weighted by Crippen LogP contribution is 2.31. The molecule has 0 saturated carbocycles. The molecule has 0 atom stereocenters. The number of ketones is 1. The Morgan fingerprint density at radius 1 is 0.947 bits per heavy atom. The number of anilines is 2. The smallest absolute Gasteiger partial charge is 0.293 e. The second kappa shape index (κ2) is 10.8. The number of ether oxygens (including phenoxy) is 1. The van der Waals surface area contributed by atoms with Crippen LogP contribution < -0.4 is 10.6 Å². The van der Waals surface area contributed by atoms with Crippen molar-refractivity contribution < 1.29 is 27.2 Å². The molecule has 1 amide bonds. The van der Waals surface area contributed by atoms with Crippen molar-refractivity contribution in [1.29, 1.82) is 0 Å². The van der Waals surface area contributed by atoms with Crippen LogP contribution in [-0.2, 0) is 14.8 Å². The van der Waals surface area contributed by atoms with E-state index in [9.17, 15) is 18.0 Å². The minimum atomic E-state index is -3.74. The largest absolute Gasteiger partial charge is 0.449 e. The lowest BCUT2D eigenvalue weighted by molar-refractivity contribution is 0.0730. The zero-order valence-corrected chi connectivity index (χ0v) is 21.6. The summed E-state index contributed by atoms with van der Waals surface area (Å²) in [5.41, 5.74) is 2.74. The van der Waals surface area contributed by atoms with E-state index in [2.05, 4.69) is 10.6 Å². The summed E-state index contributed by atoms with van der Waals surface area (Å²) in [4.78, 5) is 26.3. The van der Waals surface area contributed by atoms with Gasteiger partial charge < -0.3 is 19.8 Å². The van der Waals surface area contributed by atoms with E-state index in [0.717, 1.165) is 5.56 Å². The molecule has 9 nitrogen and oxygen atoms in total. The van der Waals surface area contributed by atoms with Crippen LogP contribution in [0.15, 0.2) is 82.1 Å². The van der Waals surface area contributed by atoms with Crippen LogP contribution in [0, 0.1) is 6.92 Å². The Bertz CT molecular complexity index is 1610. The maximum atomic E-state index is 13.1. The van der Waals surface area contributed by atoms with Gasteiger partial charge in [0, 0.05) is 29.7 Å². The number of morpholine rings is 1. The lowest BCUT2D eigenvalue weighted by atomic mass is 10.1. The molecule has 0 spiro atoms. The maximum absolute atomic E-state index is 13.1. The molecule has 10 heteroatoms. The van der Waals surface area contributed by atoms with Gasteiger partial charge >= 0.3 is 0 Å². The van der Waals surface area contributed by atoms with Gasteiger partial charge in [0.05, 0.1) is 30.3 Å². The molecule has 1 saturated heterocycles. The summed E-state index contributed by atoms with van der Waals surface area (Å²) in [6.07, 6.45) is 0. The Labute approximate surface area is 220 Å². The fourth-order valence-electron chi connectivity index (χ4n) is 4.33. The molecule has 38 heavy (non-hydrogen) atoms. The van der Waals surface area contributed by atoms with Gasteiger partial charge in [0.1, 0.15) is 5.58 Å². The third-order valence-electron chi connectivity index (χ3n) is 6.27. The van der Waals surface area contributed by atoms with Crippen molar-refractivity contribution in [3.8, 4) is 0 Å². The molecule has 0 radical (unpaired) electrons. The first-order valence-corrected chi connectivity index (χ1v) is 13.6. The number of nitrogens with one attached hydrogen (secondary N) is 2. The Morgan fingerprint density at radius 3 is 2.50 bits per heavy atom. The number of furan rings is 1. The van der Waals surface area contributed by atoms with Crippen LogP contribution in [-0.4, -0.2) is 57.3 Å². The fourth-order valence-corrected chi connectivity index (χ4v) is 5.78. The fraction of sp³-hybridized carbons (Fsp3) is 0.214. The monoisotopic (exact) mass is 533 g/mol. The minimum Gasteiger partial charge on any atom is -0.449 e. The average molecular weight is 534 g/mol. The van der Waals surface area contributed by atoms with Crippen molar-refractivity contribution in [3.05, 3.63) is 89.7 Å². The van der Waals surface area contributed by atoms with Crippen LogP contribution in [0.2, 0.25) is 0 Å². The number of amides is 1. The predicted octanol–water partition coefficient (Wildman–Crippen LogP) is 4.31. The number of hydrogen-bond donors (Lipinski definition) is 2. The SMILES string of the molecule is Cc1cccc(NC(=O)c2oc3ccccc3c2NCC(=O)c2cccc(S(=O)(=O)N3CCOCC3)c2)c1. The number of sulfonamides is 1. The average Bonchev–Trinajstić information content (AvgIpc) is 3.31. The second-order valence-electron chi connectivity index (χ2n) is 8.95. The molecule has 1 aromatic heterocycles. The molecular weight excluding hydrogens is 506 g/mol. The van der Waals surface area contributed by atoms with Crippen LogP contribution >= 0.6 is 0 Å². The molecular formula is C28H27N3O6S. The van der Waals surface area contributed by atoms with E-state index in [1.165, 1.54) is 16.4 Å². The topological polar surface area (TPSA) is 118 Å². The van der Waals surface area contributed by atoms with Gasteiger partial charge in [-0.3, -0.25) is 9.59 Å². The molecule has 196 valence electrons. The number of carbonyl (C=O) groups excluding carboxylic acids is 2. The van der Waals surface area contributed by atoms with Crippen molar-refractivity contribution in [3.63, 3.8) is 0 Å². The summed E-state index contributed by atoms with van der Waals surface area (Å²) < 4.78 is 38.5. The number of Topliss-reactive ketones (excluding diaryl/α,β-unsaturated/α-hetero) is 1. The molecule has 1 fully saturated rings. The first-order valence-electron chi connectivity index (χ1n) is 12.2. The molecule has 2 N–H and O–H groups in total. The van der Waals surface area contributed by atoms with Gasteiger partial charge in [0.25, 0.3) is 5.91 Å². The van der Waals surface area contributed by atoms with Crippen molar-refractivity contribution >= 4 is 44.1 Å². The minimum absolute atomic E-state index is 0.0455. The van der Waals surface area contributed by atoms with E-state index in [1.807, 2.05) is 31.2 Å². The molecule has 0 unspecified atom stereocenters. The highest BCUT2D eigenvalue weighted by atomic mass is 32.2. The summed E-state index contributed by atoms with van der Waals surface area (Å²) in [6, 6.07) is 20.5. The predicted molar refractivity (Wildman–Crippen MR) is 144 cm³/mol. The van der Waals surface area contributed by atoms with Crippen molar-refractivity contribution in [2.24, 2.45) is 0 Å². The van der Waals surface area contributed by atoms with Crippen molar-refractivity contribution in [1.82, 2.24) is 4.31 Å². The van der Waals surface area contributed by atoms with Crippen LogP contribution in [0.4, 0.5) is 11.4 Å². The molecule has 0 bridgehead atoms. The van der Waals surface area contributed by atoms with Gasteiger partial charge in [0.2, 0.25) is 15.8 Å². The number of para-hydroxylation sites is 1. The van der Waals surface area contributed by atoms with E-state index in [4.69, 9.17) is 9.15 Å². The molecule has 0 aliphatic carbocycles. The summed E-state index contributed by atoms with van der Waals surface area (Å²) in [6.45, 7) is 2.96. The number of aryl methyl sites for hydroxylation is 1. The number of carbonyl (C=O) groups is 2. The highest BCUT2D eigenvalue weighted by molar-refractivity contribution is 7.89. The number of fused-ring (bicyclic) bond motifs is 1. The van der Waals surface area contributed by atoms with E-state index in [1.54, 1.807) is 36.4 Å². The van der Waals surface area contributed by atoms with E-state index in [0.29, 0.717) is 35.6 Å². The van der Waals surface area contributed by atoms with Gasteiger partial charge in [-0.15, -0.1) is 0 Å². The zero-order chi connectivity index (χ0) is 26.7. The van der Waals surface area contributed by atoms with Gasteiger partial charge in [-0.05, 0) is 48.9 Å². The van der Waals surface area contributed by atoms with Crippen LogP contribution in [0.1, 0.15) is 26.5 Å². The highest BCUT2D eigenvalue weighted by Gasteiger charge is 2.27. The molecule has 1 aliphatic heterocycles. The van der Waals surface area contributed by atoms with E-state index < -0.39 is 15.9 Å². The lowest BCUT2D eigenvalue weighted by Gasteiger charge is -2.26. The molecule has 5 rings (SSSR count). The Hall–Kier alpha value is -3.99. The normalized spacial score (nSPS) is 14.3. The quantitative estimate of drug-likeness (QED) is 0.324. The van der Waals surface area contributed by atoms with Crippen molar-refractivity contribution in [2.45, 2.75) is 11.8 Å². The third kappa shape index (κ3) is 5.33. The van der Waals surface area contributed by atoms with Gasteiger partial charge in [-0.2, -0.15) is 4.31 Å². The van der Waals surface area contributed by atoms with E-state index >= 15 is 0 Å². The number of benzene rings is 3. The van der Waals surface area contributed by atoms with Crippen LogP contribution in [0.5, 0.6) is 0 Å². The van der Waals surface area contributed by atoms with E-state index in [-0.39, 0.29) is 41.6 Å². The standard InChI is InChI=1S/C28H27N3O6S/c1-19-6-4-8-21(16-19)30-28(33)27-26(23-10-2-3-11-25(23)37-27)29-18-24(32)20-7-5-9-22(17-20)38(34,35)31-12-14-36-15-13-31/h2-11,16-17,29H,12-15,18H2,1H3,(H,30,33). The molecule has 2 heterocycles. The molecule has 4 aromatic rings. The van der Waals surface area contributed by atoms with Crippen LogP contribution in [0.3, 0.4) is 0 Å². The first-order chi connectivity index (χ1) is 18.3. The summed E-state index contributed by atoms with van der Waals surface area (Å²) in [5.74, 6) is -0.746. The second-order valence-corrected chi connectivity index (χ2v) is 10.9. The lowest BCUT2D eigenvalue weighted by Crippen LogP contribution is -2.40. The van der Waals surface area contributed by atoms with Crippen molar-refractivity contribution in [2.75, 3.05) is 43.5 Å². The zero-order valence-electron chi connectivity index (χ0n) is 20.8. The summed E-state index contributed by atoms with van der Waals surface area (Å²) >= 11 is 0. The first kappa shape index (κ1) is 25.7. The van der Waals surface area contributed by atoms with Crippen LogP contribution in [0.25, 0.3) is 11.0 Å². The Kier molecular flexibility index (Phi) is 7.28. The van der Waals surface area contributed by atoms with Gasteiger partial charge in [-0.25, -0.2) is 8.42 Å².